The van der Waals surface area contributed by atoms with E-state index < -0.39 is 5.91 Å². The predicted molar refractivity (Wildman–Crippen MR) is 68.4 cm³/mol. The highest BCUT2D eigenvalue weighted by atomic mass is 32.2. The predicted octanol–water partition coefficient (Wildman–Crippen LogP) is 2.11. The number of thioether (sulfide) groups is 1. The van der Waals surface area contributed by atoms with Gasteiger partial charge in [0.05, 0.1) is 11.5 Å². The van der Waals surface area contributed by atoms with E-state index in [2.05, 4.69) is 5.32 Å². The highest BCUT2D eigenvalue weighted by molar-refractivity contribution is 8.18. The monoisotopic (exact) mass is 265 g/mol. The molecule has 5 nitrogen and oxygen atoms in total. The number of rotatable bonds is 3. The van der Waals surface area contributed by atoms with Gasteiger partial charge in [0.1, 0.15) is 0 Å². The maximum atomic E-state index is 11.3. The Kier molecular flexibility index (Phi) is 3.57. The van der Waals surface area contributed by atoms with E-state index in [0.717, 1.165) is 11.8 Å². The number of nitrogens with one attached hydrogen (secondary N) is 1. The molecule has 1 aromatic carbocycles. The first-order valence-corrected chi connectivity index (χ1v) is 6.12. The molecule has 0 radical (unpaired) electrons. The van der Waals surface area contributed by atoms with Crippen LogP contribution in [0.2, 0.25) is 0 Å². The van der Waals surface area contributed by atoms with Crippen LogP contribution in [0.25, 0.3) is 6.08 Å². The molecule has 0 aliphatic carbocycles. The third-order valence-electron chi connectivity index (χ3n) is 2.22. The molecule has 2 N–H and O–H groups in total. The average molecular weight is 265 g/mol. The smallest absolute Gasteiger partial charge is 0.290 e. The third-order valence-corrected chi connectivity index (χ3v) is 3.03. The number of hydrogen-bond donors (Lipinski definition) is 2. The van der Waals surface area contributed by atoms with Gasteiger partial charge in [-0.15, -0.1) is 0 Å². The van der Waals surface area contributed by atoms with Gasteiger partial charge in [0, 0.05) is 0 Å². The Bertz CT molecular complexity index is 539. The van der Waals surface area contributed by atoms with Crippen molar-refractivity contribution in [3.63, 3.8) is 0 Å². The number of aromatic hydroxyl groups is 1. The lowest BCUT2D eigenvalue weighted by molar-refractivity contribution is -0.115. The van der Waals surface area contributed by atoms with E-state index in [1.54, 1.807) is 18.2 Å². The summed E-state index contributed by atoms with van der Waals surface area (Å²) in [5, 5.41) is 11.5. The second kappa shape index (κ2) is 5.14. The van der Waals surface area contributed by atoms with Crippen molar-refractivity contribution in [1.82, 2.24) is 5.32 Å². The van der Waals surface area contributed by atoms with Crippen LogP contribution >= 0.6 is 11.8 Å². The summed E-state index contributed by atoms with van der Waals surface area (Å²) in [7, 11) is 0. The molecule has 0 aromatic heterocycles. The quantitative estimate of drug-likeness (QED) is 0.819. The summed E-state index contributed by atoms with van der Waals surface area (Å²) in [5.41, 5.74) is 0.628. The number of ether oxygens (including phenoxy) is 1. The minimum Gasteiger partial charge on any atom is -0.504 e. The Morgan fingerprint density at radius 1 is 1.44 bits per heavy atom. The first kappa shape index (κ1) is 12.5. The molecule has 2 rings (SSSR count). The van der Waals surface area contributed by atoms with Gasteiger partial charge in [-0.25, -0.2) is 0 Å². The molecule has 1 saturated heterocycles. The number of imide groups is 1. The Labute approximate surface area is 108 Å². The molecule has 94 valence electrons. The zero-order valence-corrected chi connectivity index (χ0v) is 10.4. The van der Waals surface area contributed by atoms with Crippen LogP contribution in [-0.2, 0) is 4.79 Å². The van der Waals surface area contributed by atoms with E-state index >= 15 is 0 Å². The average Bonchev–Trinajstić information content (AvgIpc) is 2.61. The third kappa shape index (κ3) is 2.65. The van der Waals surface area contributed by atoms with Crippen LogP contribution in [0.4, 0.5) is 4.79 Å². The Hall–Kier alpha value is -1.95. The van der Waals surface area contributed by atoms with Crippen molar-refractivity contribution in [3.05, 3.63) is 28.7 Å². The van der Waals surface area contributed by atoms with Crippen molar-refractivity contribution >= 4 is 29.0 Å². The first-order valence-electron chi connectivity index (χ1n) is 5.31. The van der Waals surface area contributed by atoms with Crippen molar-refractivity contribution in [2.75, 3.05) is 6.61 Å². The normalized spacial score (nSPS) is 17.1. The van der Waals surface area contributed by atoms with Crippen molar-refractivity contribution < 1.29 is 19.4 Å². The fourth-order valence-electron chi connectivity index (χ4n) is 1.47. The summed E-state index contributed by atoms with van der Waals surface area (Å²) in [5.74, 6) is -0.0291. The second-order valence-electron chi connectivity index (χ2n) is 3.51. The van der Waals surface area contributed by atoms with Gasteiger partial charge in [-0.2, -0.15) is 0 Å². The Morgan fingerprint density at radius 2 is 2.22 bits per heavy atom. The molecular formula is C12H11NO4S. The maximum Gasteiger partial charge on any atom is 0.290 e. The van der Waals surface area contributed by atoms with Crippen LogP contribution in [-0.4, -0.2) is 22.9 Å². The summed E-state index contributed by atoms with van der Waals surface area (Å²) in [4.78, 5) is 22.6. The fourth-order valence-corrected chi connectivity index (χ4v) is 2.16. The molecule has 1 aliphatic rings. The lowest BCUT2D eigenvalue weighted by Crippen LogP contribution is -2.17. The van der Waals surface area contributed by atoms with E-state index in [4.69, 9.17) is 4.74 Å². The number of carbonyl (C=O) groups excluding carboxylic acids is 2. The highest BCUT2D eigenvalue weighted by Gasteiger charge is 2.24. The van der Waals surface area contributed by atoms with Gasteiger partial charge in [0.25, 0.3) is 11.1 Å². The molecule has 1 fully saturated rings. The molecule has 0 spiro atoms. The van der Waals surface area contributed by atoms with Gasteiger partial charge in [-0.05, 0) is 42.5 Å². The van der Waals surface area contributed by atoms with Crippen LogP contribution in [0, 0.1) is 0 Å². The number of phenols is 1. The molecule has 1 aromatic rings. The minimum atomic E-state index is -0.418. The van der Waals surface area contributed by atoms with Crippen molar-refractivity contribution in [3.8, 4) is 11.5 Å². The molecule has 0 saturated carbocycles. The van der Waals surface area contributed by atoms with Gasteiger partial charge in [-0.1, -0.05) is 6.07 Å². The molecular weight excluding hydrogens is 254 g/mol. The molecule has 0 unspecified atom stereocenters. The topological polar surface area (TPSA) is 75.6 Å². The standard InChI is InChI=1S/C12H11NO4S/c1-2-17-9-4-3-7(5-8(9)14)6-10-11(15)13-12(16)18-10/h3-6,14H,2H2,1H3,(H,13,15,16). The van der Waals surface area contributed by atoms with Crippen molar-refractivity contribution in [1.29, 1.82) is 0 Å². The van der Waals surface area contributed by atoms with Crippen LogP contribution < -0.4 is 10.1 Å². The fraction of sp³-hybridized carbons (Fsp3) is 0.167. The largest absolute Gasteiger partial charge is 0.504 e. The molecule has 1 heterocycles. The summed E-state index contributed by atoms with van der Waals surface area (Å²) in [6.45, 7) is 2.28. The lowest BCUT2D eigenvalue weighted by atomic mass is 10.2. The number of carbonyl (C=O) groups is 2. The van der Waals surface area contributed by atoms with Crippen LogP contribution in [0.15, 0.2) is 23.1 Å². The summed E-state index contributed by atoms with van der Waals surface area (Å²) >= 11 is 0.837. The SMILES string of the molecule is CCOc1ccc(C=C2SC(=O)NC2=O)cc1O. The molecule has 1 aliphatic heterocycles. The zero-order valence-electron chi connectivity index (χ0n) is 9.60. The van der Waals surface area contributed by atoms with Gasteiger partial charge in [0.15, 0.2) is 11.5 Å². The van der Waals surface area contributed by atoms with Gasteiger partial charge in [-0.3, -0.25) is 14.9 Å². The Balaban J connectivity index is 2.25. The molecule has 18 heavy (non-hydrogen) atoms. The summed E-state index contributed by atoms with van der Waals surface area (Å²) in [6, 6.07) is 4.80. The second-order valence-corrected chi connectivity index (χ2v) is 4.53. The van der Waals surface area contributed by atoms with E-state index in [0.29, 0.717) is 22.8 Å². The summed E-state index contributed by atoms with van der Waals surface area (Å²) in [6.07, 6.45) is 1.54. The number of phenolic OH excluding ortho intramolecular Hbond substituents is 1. The van der Waals surface area contributed by atoms with Gasteiger partial charge in [0.2, 0.25) is 0 Å². The maximum absolute atomic E-state index is 11.3. The van der Waals surface area contributed by atoms with E-state index in [-0.39, 0.29) is 11.0 Å². The molecule has 0 atom stereocenters. The van der Waals surface area contributed by atoms with E-state index in [1.165, 1.54) is 6.07 Å². The first-order chi connectivity index (χ1) is 8.60. The molecule has 6 heteroatoms. The number of hydrogen-bond acceptors (Lipinski definition) is 5. The van der Waals surface area contributed by atoms with Crippen molar-refractivity contribution in [2.24, 2.45) is 0 Å². The van der Waals surface area contributed by atoms with Gasteiger partial charge < -0.3 is 9.84 Å². The number of amides is 2. The van der Waals surface area contributed by atoms with Gasteiger partial charge >= 0.3 is 0 Å². The van der Waals surface area contributed by atoms with E-state index in [1.807, 2.05) is 6.92 Å². The lowest BCUT2D eigenvalue weighted by Gasteiger charge is -2.05. The van der Waals surface area contributed by atoms with Crippen LogP contribution in [0.3, 0.4) is 0 Å². The summed E-state index contributed by atoms with van der Waals surface area (Å²) < 4.78 is 5.19. The molecule has 2 amide bonds. The number of benzene rings is 1. The molecule has 0 bridgehead atoms. The zero-order chi connectivity index (χ0) is 13.1. The minimum absolute atomic E-state index is 0.000863. The van der Waals surface area contributed by atoms with Crippen molar-refractivity contribution in [2.45, 2.75) is 6.92 Å². The van der Waals surface area contributed by atoms with Crippen LogP contribution in [0.1, 0.15) is 12.5 Å². The van der Waals surface area contributed by atoms with Crippen LogP contribution in [0.5, 0.6) is 11.5 Å². The highest BCUT2D eigenvalue weighted by Crippen LogP contribution is 2.30. The van der Waals surface area contributed by atoms with E-state index in [9.17, 15) is 14.7 Å². The Morgan fingerprint density at radius 3 is 2.78 bits per heavy atom.